The number of ether oxygens (including phenoxy) is 1. The monoisotopic (exact) mass is 311 g/mol. The number of rotatable bonds is 6. The fraction of sp³-hybridized carbons (Fsp3) is 0.316. The van der Waals surface area contributed by atoms with Crippen LogP contribution in [0.15, 0.2) is 53.5 Å². The highest BCUT2D eigenvalue weighted by molar-refractivity contribution is 5.79. The quantitative estimate of drug-likeness (QED) is 0.637. The van der Waals surface area contributed by atoms with Gasteiger partial charge in [-0.2, -0.15) is 0 Å². The summed E-state index contributed by atoms with van der Waals surface area (Å²) < 4.78 is 5.42. The Labute approximate surface area is 138 Å². The molecule has 2 aromatic carbocycles. The second kappa shape index (κ2) is 8.83. The second-order valence-electron chi connectivity index (χ2n) is 5.40. The third kappa shape index (κ3) is 5.33. The van der Waals surface area contributed by atoms with Gasteiger partial charge in [-0.15, -0.1) is 0 Å². The van der Waals surface area contributed by atoms with Gasteiger partial charge in [0.2, 0.25) is 0 Å². The maximum atomic E-state index is 5.42. The number of nitrogens with one attached hydrogen (secondary N) is 2. The van der Waals surface area contributed by atoms with Crippen molar-refractivity contribution in [3.8, 4) is 5.75 Å². The molecule has 0 unspecified atom stereocenters. The minimum atomic E-state index is 0.758. The Balaban J connectivity index is 1.83. The predicted octanol–water partition coefficient (Wildman–Crippen LogP) is 2.91. The van der Waals surface area contributed by atoms with Crippen molar-refractivity contribution in [2.45, 2.75) is 19.9 Å². The molecule has 0 amide bonds. The highest BCUT2D eigenvalue weighted by atomic mass is 16.5. The molecule has 2 aromatic rings. The molecule has 0 saturated carbocycles. The summed E-state index contributed by atoms with van der Waals surface area (Å²) in [7, 11) is 3.50. The van der Waals surface area contributed by atoms with E-state index < -0.39 is 0 Å². The minimum Gasteiger partial charge on any atom is -0.496 e. The van der Waals surface area contributed by atoms with Gasteiger partial charge in [0.1, 0.15) is 5.75 Å². The molecule has 0 aliphatic rings. The molecular weight excluding hydrogens is 286 g/mol. The fourth-order valence-electron chi connectivity index (χ4n) is 2.42. The van der Waals surface area contributed by atoms with E-state index in [0.29, 0.717) is 0 Å². The maximum Gasteiger partial charge on any atom is 0.191 e. The van der Waals surface area contributed by atoms with Gasteiger partial charge in [0.05, 0.1) is 7.11 Å². The van der Waals surface area contributed by atoms with Crippen LogP contribution in [0.25, 0.3) is 0 Å². The van der Waals surface area contributed by atoms with Gasteiger partial charge in [-0.25, -0.2) is 0 Å². The predicted molar refractivity (Wildman–Crippen MR) is 96.1 cm³/mol. The summed E-state index contributed by atoms with van der Waals surface area (Å²) in [5.74, 6) is 1.74. The first kappa shape index (κ1) is 16.9. The summed E-state index contributed by atoms with van der Waals surface area (Å²) in [6, 6.07) is 16.5. The Morgan fingerprint density at radius 3 is 2.57 bits per heavy atom. The van der Waals surface area contributed by atoms with Crippen molar-refractivity contribution < 1.29 is 4.74 Å². The van der Waals surface area contributed by atoms with Crippen molar-refractivity contribution >= 4 is 5.96 Å². The molecular formula is C19H25N3O. The molecule has 0 fully saturated rings. The smallest absolute Gasteiger partial charge is 0.191 e. The van der Waals surface area contributed by atoms with Crippen LogP contribution in [0.1, 0.15) is 16.7 Å². The van der Waals surface area contributed by atoms with Crippen molar-refractivity contribution in [1.29, 1.82) is 0 Å². The first-order valence-electron chi connectivity index (χ1n) is 7.85. The molecule has 4 nitrogen and oxygen atoms in total. The van der Waals surface area contributed by atoms with Crippen LogP contribution in [0.2, 0.25) is 0 Å². The second-order valence-corrected chi connectivity index (χ2v) is 5.40. The first-order valence-corrected chi connectivity index (χ1v) is 7.85. The lowest BCUT2D eigenvalue weighted by atomic mass is 10.1. The van der Waals surface area contributed by atoms with Crippen LogP contribution in [0, 0.1) is 6.92 Å². The van der Waals surface area contributed by atoms with Crippen molar-refractivity contribution in [3.63, 3.8) is 0 Å². The normalized spacial score (nSPS) is 11.2. The lowest BCUT2D eigenvalue weighted by molar-refractivity contribution is 0.409. The van der Waals surface area contributed by atoms with Gasteiger partial charge in [-0.3, -0.25) is 4.99 Å². The molecule has 0 aliphatic carbocycles. The van der Waals surface area contributed by atoms with Crippen molar-refractivity contribution in [2.75, 3.05) is 20.7 Å². The van der Waals surface area contributed by atoms with Gasteiger partial charge in [0.25, 0.3) is 0 Å². The van der Waals surface area contributed by atoms with E-state index in [1.165, 1.54) is 16.7 Å². The topological polar surface area (TPSA) is 45.7 Å². The highest BCUT2D eigenvalue weighted by Crippen LogP contribution is 2.19. The Morgan fingerprint density at radius 1 is 1.09 bits per heavy atom. The van der Waals surface area contributed by atoms with Crippen molar-refractivity contribution in [3.05, 3.63) is 65.2 Å². The third-order valence-electron chi connectivity index (χ3n) is 3.65. The minimum absolute atomic E-state index is 0.758. The SMILES string of the molecule is CN=C(NCCc1cc(C)ccc1OC)NCc1ccccc1. The standard InChI is InChI=1S/C19H25N3O/c1-15-9-10-18(23-3)17(13-15)11-12-21-19(20-2)22-14-16-7-5-4-6-8-16/h4-10,13H,11-12,14H2,1-3H3,(H2,20,21,22). The number of nitrogens with zero attached hydrogens (tertiary/aromatic N) is 1. The largest absolute Gasteiger partial charge is 0.496 e. The molecule has 0 spiro atoms. The van der Waals surface area contributed by atoms with Gasteiger partial charge in [0.15, 0.2) is 5.96 Å². The molecule has 0 aromatic heterocycles. The van der Waals surface area contributed by atoms with Gasteiger partial charge < -0.3 is 15.4 Å². The molecule has 122 valence electrons. The van der Waals surface area contributed by atoms with Crippen molar-refractivity contribution in [1.82, 2.24) is 10.6 Å². The van der Waals surface area contributed by atoms with Crippen molar-refractivity contribution in [2.24, 2.45) is 4.99 Å². The van der Waals surface area contributed by atoms with E-state index in [4.69, 9.17) is 4.74 Å². The van der Waals surface area contributed by atoms with Crippen LogP contribution in [0.3, 0.4) is 0 Å². The van der Waals surface area contributed by atoms with E-state index in [-0.39, 0.29) is 0 Å². The number of methoxy groups -OCH3 is 1. The van der Waals surface area contributed by atoms with Gasteiger partial charge in [-0.05, 0) is 30.5 Å². The number of hydrogen-bond donors (Lipinski definition) is 2. The highest BCUT2D eigenvalue weighted by Gasteiger charge is 2.04. The average Bonchev–Trinajstić information content (AvgIpc) is 2.59. The Morgan fingerprint density at radius 2 is 1.87 bits per heavy atom. The number of guanidine groups is 1. The van der Waals surface area contributed by atoms with Crippen LogP contribution < -0.4 is 15.4 Å². The summed E-state index contributed by atoms with van der Waals surface area (Å²) in [6.45, 7) is 3.65. The zero-order valence-corrected chi connectivity index (χ0v) is 14.1. The fourth-order valence-corrected chi connectivity index (χ4v) is 2.42. The molecule has 0 atom stereocenters. The molecule has 0 radical (unpaired) electrons. The van der Waals surface area contributed by atoms with Crippen LogP contribution in [-0.2, 0) is 13.0 Å². The van der Waals surface area contributed by atoms with E-state index in [2.05, 4.69) is 46.8 Å². The Kier molecular flexibility index (Phi) is 6.48. The van der Waals surface area contributed by atoms with Crippen LogP contribution in [0.4, 0.5) is 0 Å². The Hall–Kier alpha value is -2.49. The molecule has 0 saturated heterocycles. The average molecular weight is 311 g/mol. The molecule has 4 heteroatoms. The lowest BCUT2D eigenvalue weighted by Crippen LogP contribution is -2.37. The number of aliphatic imine (C=N–C) groups is 1. The maximum absolute atomic E-state index is 5.42. The van der Waals surface area contributed by atoms with E-state index in [1.54, 1.807) is 14.2 Å². The summed E-state index contributed by atoms with van der Waals surface area (Å²) in [5.41, 5.74) is 3.68. The van der Waals surface area contributed by atoms with E-state index in [1.807, 2.05) is 24.3 Å². The number of hydrogen-bond acceptors (Lipinski definition) is 2. The van der Waals surface area contributed by atoms with Crippen LogP contribution in [-0.4, -0.2) is 26.7 Å². The van der Waals surface area contributed by atoms with Gasteiger partial charge >= 0.3 is 0 Å². The molecule has 2 N–H and O–H groups in total. The Bertz CT molecular complexity index is 638. The summed E-state index contributed by atoms with van der Waals surface area (Å²) in [4.78, 5) is 4.26. The lowest BCUT2D eigenvalue weighted by Gasteiger charge is -2.13. The zero-order chi connectivity index (χ0) is 16.5. The summed E-state index contributed by atoms with van der Waals surface area (Å²) >= 11 is 0. The molecule has 2 rings (SSSR count). The van der Waals surface area contributed by atoms with E-state index in [0.717, 1.165) is 31.2 Å². The van der Waals surface area contributed by atoms with Gasteiger partial charge in [0, 0.05) is 20.1 Å². The molecule has 0 bridgehead atoms. The number of benzene rings is 2. The summed E-state index contributed by atoms with van der Waals surface area (Å²) in [6.07, 6.45) is 0.886. The zero-order valence-electron chi connectivity index (χ0n) is 14.1. The number of aryl methyl sites for hydroxylation is 1. The molecule has 23 heavy (non-hydrogen) atoms. The molecule has 0 heterocycles. The summed E-state index contributed by atoms with van der Waals surface area (Å²) in [5, 5.41) is 6.66. The third-order valence-corrected chi connectivity index (χ3v) is 3.65. The molecule has 0 aliphatic heterocycles. The van der Waals surface area contributed by atoms with Gasteiger partial charge in [-0.1, -0.05) is 48.0 Å². The first-order chi connectivity index (χ1) is 11.2. The van der Waals surface area contributed by atoms with Crippen LogP contribution in [0.5, 0.6) is 5.75 Å². The van der Waals surface area contributed by atoms with Crippen LogP contribution >= 0.6 is 0 Å². The van der Waals surface area contributed by atoms with E-state index in [9.17, 15) is 0 Å². The van der Waals surface area contributed by atoms with E-state index >= 15 is 0 Å².